The summed E-state index contributed by atoms with van der Waals surface area (Å²) in [7, 11) is 0. The van der Waals surface area contributed by atoms with E-state index in [9.17, 15) is 0 Å². The van der Waals surface area contributed by atoms with E-state index in [0.29, 0.717) is 0 Å². The third-order valence-corrected chi connectivity index (χ3v) is 5.39. The Kier molecular flexibility index (Phi) is 7.02. The minimum absolute atomic E-state index is 0.000156. The van der Waals surface area contributed by atoms with Crippen molar-refractivity contribution in [2.45, 2.75) is 38.3 Å². The van der Waals surface area contributed by atoms with Crippen LogP contribution in [0.4, 0.5) is 0 Å². The average molecular weight is 332 g/mol. The lowest BCUT2D eigenvalue weighted by atomic mass is 9.94. The maximum Gasteiger partial charge on any atom is 0.0603 e. The Morgan fingerprint density at radius 1 is 1.17 bits per heavy atom. The van der Waals surface area contributed by atoms with E-state index in [1.165, 1.54) is 45.3 Å². The molecule has 0 amide bonds. The van der Waals surface area contributed by atoms with Crippen LogP contribution in [0.15, 0.2) is 24.4 Å². The van der Waals surface area contributed by atoms with Crippen molar-refractivity contribution in [3.63, 3.8) is 0 Å². The number of aromatic nitrogens is 1. The number of piperidine rings is 1. The second kappa shape index (κ2) is 9.47. The molecule has 3 N–H and O–H groups in total. The van der Waals surface area contributed by atoms with Crippen molar-refractivity contribution in [3.05, 3.63) is 30.1 Å². The highest BCUT2D eigenvalue weighted by atomic mass is 16.5. The highest BCUT2D eigenvalue weighted by Gasteiger charge is 2.23. The molecule has 0 aromatic carbocycles. The summed E-state index contributed by atoms with van der Waals surface area (Å²) in [6.07, 6.45) is 7.67. The summed E-state index contributed by atoms with van der Waals surface area (Å²) in [6.45, 7) is 6.68. The third-order valence-electron chi connectivity index (χ3n) is 5.39. The quantitative estimate of drug-likeness (QED) is 0.743. The van der Waals surface area contributed by atoms with Crippen LogP contribution in [0.3, 0.4) is 0 Å². The van der Waals surface area contributed by atoms with Crippen molar-refractivity contribution in [2.75, 3.05) is 39.4 Å². The lowest BCUT2D eigenvalue weighted by Crippen LogP contribution is -2.45. The summed E-state index contributed by atoms with van der Waals surface area (Å²) in [4.78, 5) is 7.00. The lowest BCUT2D eigenvalue weighted by Gasteiger charge is -2.35. The van der Waals surface area contributed by atoms with Crippen LogP contribution in [0.2, 0.25) is 0 Å². The van der Waals surface area contributed by atoms with Gasteiger partial charge in [-0.3, -0.25) is 4.98 Å². The van der Waals surface area contributed by atoms with Crippen molar-refractivity contribution in [1.82, 2.24) is 15.2 Å². The molecule has 3 heterocycles. The number of nitrogens with zero attached hydrogens (tertiary/aromatic N) is 2. The molecule has 1 aromatic rings. The fourth-order valence-electron chi connectivity index (χ4n) is 3.80. The van der Waals surface area contributed by atoms with Gasteiger partial charge in [-0.2, -0.15) is 0 Å². The summed E-state index contributed by atoms with van der Waals surface area (Å²) < 4.78 is 5.46. The normalized spacial score (nSPS) is 22.5. The van der Waals surface area contributed by atoms with Gasteiger partial charge in [0, 0.05) is 38.1 Å². The number of likely N-dealkylation sites (tertiary alicyclic amines) is 1. The van der Waals surface area contributed by atoms with E-state index < -0.39 is 0 Å². The summed E-state index contributed by atoms with van der Waals surface area (Å²) in [5.74, 6) is 1.60. The van der Waals surface area contributed by atoms with E-state index in [2.05, 4.69) is 15.2 Å². The van der Waals surface area contributed by atoms with Gasteiger partial charge in [0.05, 0.1) is 6.17 Å². The molecule has 2 aliphatic rings. The van der Waals surface area contributed by atoms with Crippen molar-refractivity contribution in [1.29, 1.82) is 0 Å². The van der Waals surface area contributed by atoms with Crippen LogP contribution in [-0.2, 0) is 11.2 Å². The van der Waals surface area contributed by atoms with Crippen molar-refractivity contribution in [2.24, 2.45) is 17.6 Å². The first-order valence-corrected chi connectivity index (χ1v) is 9.48. The minimum atomic E-state index is 0.000156. The Hall–Kier alpha value is -1.01. The Morgan fingerprint density at radius 3 is 2.67 bits per heavy atom. The minimum Gasteiger partial charge on any atom is -0.381 e. The molecular weight excluding hydrogens is 300 g/mol. The topological polar surface area (TPSA) is 63.4 Å². The molecule has 2 fully saturated rings. The molecule has 0 saturated carbocycles. The summed E-state index contributed by atoms with van der Waals surface area (Å²) in [5.41, 5.74) is 7.26. The second-order valence-corrected chi connectivity index (χ2v) is 7.34. The predicted molar refractivity (Wildman–Crippen MR) is 96.6 cm³/mol. The molecule has 0 spiro atoms. The molecule has 3 rings (SSSR count). The summed E-state index contributed by atoms with van der Waals surface area (Å²) >= 11 is 0. The molecule has 24 heavy (non-hydrogen) atoms. The van der Waals surface area contributed by atoms with Crippen LogP contribution in [0.25, 0.3) is 0 Å². The Bertz CT molecular complexity index is 456. The first-order chi connectivity index (χ1) is 11.8. The van der Waals surface area contributed by atoms with E-state index in [1.54, 1.807) is 0 Å². The highest BCUT2D eigenvalue weighted by molar-refractivity contribution is 5.04. The van der Waals surface area contributed by atoms with E-state index in [4.69, 9.17) is 10.5 Å². The monoisotopic (exact) mass is 332 g/mol. The van der Waals surface area contributed by atoms with Gasteiger partial charge in [0.2, 0.25) is 0 Å². The number of pyridine rings is 1. The summed E-state index contributed by atoms with van der Waals surface area (Å²) in [6, 6.07) is 6.00. The molecule has 2 aliphatic heterocycles. The van der Waals surface area contributed by atoms with Crippen LogP contribution >= 0.6 is 0 Å². The van der Waals surface area contributed by atoms with Gasteiger partial charge < -0.3 is 20.7 Å². The van der Waals surface area contributed by atoms with Gasteiger partial charge >= 0.3 is 0 Å². The smallest absolute Gasteiger partial charge is 0.0603 e. The highest BCUT2D eigenvalue weighted by Crippen LogP contribution is 2.21. The van der Waals surface area contributed by atoms with E-state index in [0.717, 1.165) is 43.7 Å². The maximum absolute atomic E-state index is 6.20. The Balaban J connectivity index is 1.30. The fraction of sp³-hybridized carbons (Fsp3) is 0.737. The van der Waals surface area contributed by atoms with Gasteiger partial charge in [-0.1, -0.05) is 6.07 Å². The molecule has 134 valence electrons. The lowest BCUT2D eigenvalue weighted by molar-refractivity contribution is 0.0467. The number of hydrogen-bond acceptors (Lipinski definition) is 5. The Morgan fingerprint density at radius 2 is 1.96 bits per heavy atom. The number of ether oxygens (including phenoxy) is 1. The first kappa shape index (κ1) is 17.8. The molecule has 0 aliphatic carbocycles. The molecule has 0 bridgehead atoms. The molecule has 1 atom stereocenters. The van der Waals surface area contributed by atoms with Gasteiger partial charge in [-0.15, -0.1) is 0 Å². The zero-order valence-electron chi connectivity index (χ0n) is 14.7. The van der Waals surface area contributed by atoms with Gasteiger partial charge in [-0.25, -0.2) is 0 Å². The molecule has 0 unspecified atom stereocenters. The first-order valence-electron chi connectivity index (χ1n) is 9.48. The maximum atomic E-state index is 6.20. The van der Waals surface area contributed by atoms with Crippen LogP contribution in [0.1, 0.15) is 31.4 Å². The fourth-order valence-corrected chi connectivity index (χ4v) is 3.80. The van der Waals surface area contributed by atoms with E-state index in [1.807, 2.05) is 24.4 Å². The molecule has 0 radical (unpaired) electrons. The molecule has 5 heteroatoms. The van der Waals surface area contributed by atoms with Crippen LogP contribution < -0.4 is 11.1 Å². The van der Waals surface area contributed by atoms with E-state index >= 15 is 0 Å². The molecular formula is C19H32N4O. The summed E-state index contributed by atoms with van der Waals surface area (Å²) in [5, 5.41) is 3.50. The number of hydrogen-bond donors (Lipinski definition) is 2. The number of nitrogens with two attached hydrogens (primary N) is 1. The number of nitrogens with one attached hydrogen (secondary N) is 1. The van der Waals surface area contributed by atoms with Crippen molar-refractivity contribution >= 4 is 0 Å². The molecule has 5 nitrogen and oxygen atoms in total. The molecule has 1 aromatic heterocycles. The zero-order chi connectivity index (χ0) is 16.6. The van der Waals surface area contributed by atoms with Crippen LogP contribution in [0.5, 0.6) is 0 Å². The standard InChI is InChI=1S/C19H32N4O/c20-19(13-18-3-1-2-8-21-18)22-14-16-4-9-23(10-5-16)15-17-6-11-24-12-7-17/h1-3,8,16-17,19,22H,4-7,9-15,20H2/t19-/m0/s1. The zero-order valence-corrected chi connectivity index (χ0v) is 14.7. The predicted octanol–water partition coefficient (Wildman–Crippen LogP) is 1.64. The van der Waals surface area contributed by atoms with Crippen molar-refractivity contribution in [3.8, 4) is 0 Å². The van der Waals surface area contributed by atoms with Gasteiger partial charge in [0.1, 0.15) is 0 Å². The molecule has 2 saturated heterocycles. The van der Waals surface area contributed by atoms with Crippen LogP contribution in [0, 0.1) is 11.8 Å². The SMILES string of the molecule is N[C@H](Cc1ccccn1)NCC1CCN(CC2CCOCC2)CC1. The van der Waals surface area contributed by atoms with E-state index in [-0.39, 0.29) is 6.17 Å². The van der Waals surface area contributed by atoms with Gasteiger partial charge in [-0.05, 0) is 69.3 Å². The van der Waals surface area contributed by atoms with Gasteiger partial charge in [0.15, 0.2) is 0 Å². The Labute approximate surface area is 146 Å². The van der Waals surface area contributed by atoms with Crippen molar-refractivity contribution < 1.29 is 4.74 Å². The second-order valence-electron chi connectivity index (χ2n) is 7.34. The average Bonchev–Trinajstić information content (AvgIpc) is 2.63. The third kappa shape index (κ3) is 5.81. The number of rotatable bonds is 7. The largest absolute Gasteiger partial charge is 0.381 e. The van der Waals surface area contributed by atoms with Gasteiger partial charge in [0.25, 0.3) is 0 Å². The van der Waals surface area contributed by atoms with Crippen LogP contribution in [-0.4, -0.2) is 55.4 Å².